The molecule has 3 aromatic rings. The van der Waals surface area contributed by atoms with Crippen LogP contribution in [0.3, 0.4) is 0 Å². The largest absolute Gasteiger partial charge is 0.573 e. The van der Waals surface area contributed by atoms with Crippen molar-refractivity contribution in [2.45, 2.75) is 44.0 Å². The van der Waals surface area contributed by atoms with Crippen LogP contribution in [0.25, 0.3) is 0 Å². The molecule has 0 spiro atoms. The molecule has 39 heavy (non-hydrogen) atoms. The van der Waals surface area contributed by atoms with Crippen molar-refractivity contribution in [2.75, 3.05) is 18.0 Å². The highest BCUT2D eigenvalue weighted by molar-refractivity contribution is 7.89. The molecule has 0 aliphatic heterocycles. The number of rotatable bonds is 11. The van der Waals surface area contributed by atoms with Gasteiger partial charge in [-0.15, -0.1) is 13.2 Å². The van der Waals surface area contributed by atoms with Crippen molar-refractivity contribution >= 4 is 21.9 Å². The number of fused-ring (bicyclic) bond motifs is 1. The SMILES string of the molecule is CCc1cnc(N(CCNS(=O)(=O)c2cccc3c2CC(C(=O)O)C3)Cc2ccc(OC(F)(F)F)cc2)nc1. The molecule has 0 saturated carbocycles. The number of carboxylic acids is 1. The molecule has 9 nitrogen and oxygen atoms in total. The molecule has 1 aliphatic rings. The molecular weight excluding hydrogens is 537 g/mol. The number of carbonyl (C=O) groups is 1. The van der Waals surface area contributed by atoms with E-state index in [1.807, 2.05) is 6.92 Å². The molecule has 0 radical (unpaired) electrons. The van der Waals surface area contributed by atoms with E-state index < -0.39 is 28.3 Å². The van der Waals surface area contributed by atoms with Crippen LogP contribution in [0.5, 0.6) is 5.75 Å². The number of ether oxygens (including phenoxy) is 1. The maximum absolute atomic E-state index is 13.2. The van der Waals surface area contributed by atoms with Gasteiger partial charge in [0.25, 0.3) is 0 Å². The summed E-state index contributed by atoms with van der Waals surface area (Å²) in [6.45, 7) is 2.27. The van der Waals surface area contributed by atoms with E-state index >= 15 is 0 Å². The van der Waals surface area contributed by atoms with Crippen molar-refractivity contribution in [3.8, 4) is 5.75 Å². The lowest BCUT2D eigenvalue weighted by atomic mass is 10.1. The highest BCUT2D eigenvalue weighted by atomic mass is 32.2. The maximum atomic E-state index is 13.2. The summed E-state index contributed by atoms with van der Waals surface area (Å²) in [6.07, 6.45) is -0.338. The average molecular weight is 565 g/mol. The van der Waals surface area contributed by atoms with Crippen LogP contribution in [0, 0.1) is 5.92 Å². The Balaban J connectivity index is 1.48. The third-order valence-electron chi connectivity index (χ3n) is 6.37. The molecule has 1 atom stereocenters. The molecule has 1 unspecified atom stereocenters. The number of anilines is 1. The second-order valence-corrected chi connectivity index (χ2v) is 10.8. The van der Waals surface area contributed by atoms with Gasteiger partial charge in [0, 0.05) is 32.0 Å². The van der Waals surface area contributed by atoms with Gasteiger partial charge in [0.05, 0.1) is 10.8 Å². The number of aryl methyl sites for hydroxylation is 1. The molecular formula is C26H27F3N4O5S. The number of hydrogen-bond acceptors (Lipinski definition) is 7. The van der Waals surface area contributed by atoms with Gasteiger partial charge in [-0.2, -0.15) is 0 Å². The molecule has 1 aromatic heterocycles. The first-order chi connectivity index (χ1) is 18.4. The van der Waals surface area contributed by atoms with Gasteiger partial charge in [-0.3, -0.25) is 4.79 Å². The van der Waals surface area contributed by atoms with Crippen LogP contribution in [0.1, 0.15) is 29.2 Å². The standard InChI is InChI=1S/C26H27F3N4O5S/c1-2-17-14-30-25(31-15-17)33(16-18-6-8-21(9-7-18)38-26(27,28)29)11-10-32-39(36,37)23-5-3-4-19-12-20(24(34)35)13-22(19)23/h3-9,14-15,20,32H,2,10-13,16H2,1H3,(H,34,35). The Labute approximate surface area is 223 Å². The first-order valence-corrected chi connectivity index (χ1v) is 13.7. The summed E-state index contributed by atoms with van der Waals surface area (Å²) < 4.78 is 70.3. The van der Waals surface area contributed by atoms with E-state index in [-0.39, 0.29) is 43.1 Å². The average Bonchev–Trinajstić information content (AvgIpc) is 3.33. The Hall–Kier alpha value is -3.71. The molecule has 2 N–H and O–H groups in total. The molecule has 4 rings (SSSR count). The molecule has 1 heterocycles. The van der Waals surface area contributed by atoms with Crippen molar-refractivity contribution in [3.05, 3.63) is 77.1 Å². The van der Waals surface area contributed by atoms with Crippen LogP contribution < -0.4 is 14.4 Å². The Morgan fingerprint density at radius 3 is 2.41 bits per heavy atom. The lowest BCUT2D eigenvalue weighted by Gasteiger charge is -2.23. The number of aromatic nitrogens is 2. The van der Waals surface area contributed by atoms with Crippen molar-refractivity contribution in [3.63, 3.8) is 0 Å². The smallest absolute Gasteiger partial charge is 0.481 e. The van der Waals surface area contributed by atoms with Crippen LogP contribution in [-0.4, -0.2) is 48.9 Å². The zero-order valence-electron chi connectivity index (χ0n) is 21.0. The molecule has 0 fully saturated rings. The van der Waals surface area contributed by atoms with Gasteiger partial charge in [0.1, 0.15) is 5.75 Å². The maximum Gasteiger partial charge on any atom is 0.573 e. The second kappa shape index (κ2) is 11.6. The molecule has 208 valence electrons. The third-order valence-corrected chi connectivity index (χ3v) is 7.92. The minimum atomic E-state index is -4.80. The molecule has 0 saturated heterocycles. The third kappa shape index (κ3) is 7.24. The van der Waals surface area contributed by atoms with Gasteiger partial charge in [-0.05, 0) is 59.7 Å². The molecule has 0 amide bonds. The van der Waals surface area contributed by atoms with Crippen LogP contribution in [0.2, 0.25) is 0 Å². The van der Waals surface area contributed by atoms with Gasteiger partial charge in [0.15, 0.2) is 0 Å². The summed E-state index contributed by atoms with van der Waals surface area (Å²) in [6, 6.07) is 10.1. The van der Waals surface area contributed by atoms with Crippen LogP contribution >= 0.6 is 0 Å². The van der Waals surface area contributed by atoms with E-state index in [1.54, 1.807) is 29.4 Å². The van der Waals surface area contributed by atoms with Gasteiger partial charge >= 0.3 is 12.3 Å². The van der Waals surface area contributed by atoms with E-state index in [4.69, 9.17) is 0 Å². The topological polar surface area (TPSA) is 122 Å². The lowest BCUT2D eigenvalue weighted by molar-refractivity contribution is -0.274. The number of alkyl halides is 3. The quantitative estimate of drug-likeness (QED) is 0.362. The van der Waals surface area contributed by atoms with Gasteiger partial charge in [-0.1, -0.05) is 31.2 Å². The second-order valence-electron chi connectivity index (χ2n) is 9.09. The van der Waals surface area contributed by atoms with Crippen LogP contribution in [-0.2, 0) is 40.6 Å². The molecule has 0 bridgehead atoms. The summed E-state index contributed by atoms with van der Waals surface area (Å²) in [5.74, 6) is -1.66. The summed E-state index contributed by atoms with van der Waals surface area (Å²) in [5, 5.41) is 9.37. The Morgan fingerprint density at radius 1 is 1.10 bits per heavy atom. The fourth-order valence-electron chi connectivity index (χ4n) is 4.40. The molecule has 13 heteroatoms. The summed E-state index contributed by atoms with van der Waals surface area (Å²) in [7, 11) is -3.95. The highest BCUT2D eigenvalue weighted by Gasteiger charge is 2.32. The molecule has 1 aliphatic carbocycles. The number of carboxylic acid groups (broad SMARTS) is 1. The van der Waals surface area contributed by atoms with E-state index in [0.717, 1.165) is 12.0 Å². The number of nitrogens with zero attached hydrogens (tertiary/aromatic N) is 3. The number of nitrogens with one attached hydrogen (secondary N) is 1. The summed E-state index contributed by atoms with van der Waals surface area (Å²) >= 11 is 0. The van der Waals surface area contributed by atoms with E-state index in [1.165, 1.54) is 30.3 Å². The fraction of sp³-hybridized carbons (Fsp3) is 0.346. The van der Waals surface area contributed by atoms with Crippen molar-refractivity contribution in [1.82, 2.24) is 14.7 Å². The predicted octanol–water partition coefficient (Wildman–Crippen LogP) is 3.72. The van der Waals surface area contributed by atoms with Gasteiger partial charge in [0.2, 0.25) is 16.0 Å². The fourth-order valence-corrected chi connectivity index (χ4v) is 5.71. The summed E-state index contributed by atoms with van der Waals surface area (Å²) in [5.41, 5.74) is 2.75. The van der Waals surface area contributed by atoms with Crippen molar-refractivity contribution in [1.29, 1.82) is 0 Å². The Bertz CT molecular complexity index is 1420. The van der Waals surface area contributed by atoms with Crippen molar-refractivity contribution in [2.24, 2.45) is 5.92 Å². The van der Waals surface area contributed by atoms with Crippen LogP contribution in [0.4, 0.5) is 19.1 Å². The normalized spacial score (nSPS) is 15.1. The highest BCUT2D eigenvalue weighted by Crippen LogP contribution is 2.32. The van der Waals surface area contributed by atoms with Crippen molar-refractivity contribution < 1.29 is 36.2 Å². The number of aliphatic carboxylic acids is 1. The van der Waals surface area contributed by atoms with E-state index in [0.29, 0.717) is 22.6 Å². The number of halogens is 3. The minimum Gasteiger partial charge on any atom is -0.481 e. The predicted molar refractivity (Wildman–Crippen MR) is 136 cm³/mol. The first kappa shape index (κ1) is 28.3. The number of sulfonamides is 1. The zero-order valence-corrected chi connectivity index (χ0v) is 21.8. The minimum absolute atomic E-state index is 0.0253. The number of hydrogen-bond donors (Lipinski definition) is 2. The Morgan fingerprint density at radius 2 is 1.79 bits per heavy atom. The summed E-state index contributed by atoms with van der Waals surface area (Å²) in [4.78, 5) is 21.9. The molecule has 2 aromatic carbocycles. The lowest BCUT2D eigenvalue weighted by Crippen LogP contribution is -2.36. The van der Waals surface area contributed by atoms with Gasteiger partial charge < -0.3 is 14.7 Å². The first-order valence-electron chi connectivity index (χ1n) is 12.2. The van der Waals surface area contributed by atoms with Gasteiger partial charge in [-0.25, -0.2) is 23.1 Å². The van der Waals surface area contributed by atoms with E-state index in [9.17, 15) is 31.5 Å². The van der Waals surface area contributed by atoms with Crippen LogP contribution in [0.15, 0.2) is 59.8 Å². The Kier molecular flexibility index (Phi) is 8.40. The number of benzene rings is 2. The monoisotopic (exact) mass is 564 g/mol. The zero-order chi connectivity index (χ0) is 28.2. The van der Waals surface area contributed by atoms with E-state index in [2.05, 4.69) is 19.4 Å².